The summed E-state index contributed by atoms with van der Waals surface area (Å²) in [4.78, 5) is 0. The lowest BCUT2D eigenvalue weighted by atomic mass is 10.3. The lowest BCUT2D eigenvalue weighted by Gasteiger charge is -2.10. The molecule has 1 atom stereocenters. The zero-order chi connectivity index (χ0) is 10.7. The van der Waals surface area contributed by atoms with Gasteiger partial charge in [0.15, 0.2) is 0 Å². The Labute approximate surface area is 92.4 Å². The van der Waals surface area contributed by atoms with Gasteiger partial charge in [0, 0.05) is 19.6 Å². The quantitative estimate of drug-likeness (QED) is 0.849. The van der Waals surface area contributed by atoms with Gasteiger partial charge in [0.05, 0.1) is 22.5 Å². The minimum absolute atomic E-state index is 0.108. The van der Waals surface area contributed by atoms with Crippen molar-refractivity contribution in [2.75, 3.05) is 6.61 Å². The highest BCUT2D eigenvalue weighted by atomic mass is 79.9. The van der Waals surface area contributed by atoms with E-state index in [0.29, 0.717) is 6.54 Å². The molecule has 1 aromatic rings. The van der Waals surface area contributed by atoms with Gasteiger partial charge in [-0.15, -0.1) is 0 Å². The predicted molar refractivity (Wildman–Crippen MR) is 59.0 cm³/mol. The summed E-state index contributed by atoms with van der Waals surface area (Å²) < 4.78 is 2.88. The van der Waals surface area contributed by atoms with Crippen molar-refractivity contribution in [3.8, 4) is 0 Å². The number of hydrogen-bond acceptors (Lipinski definition) is 3. The van der Waals surface area contributed by atoms with Crippen LogP contribution in [-0.2, 0) is 13.6 Å². The number of aliphatic hydroxyl groups excluding tert-OH is 1. The van der Waals surface area contributed by atoms with Crippen molar-refractivity contribution in [1.82, 2.24) is 15.1 Å². The summed E-state index contributed by atoms with van der Waals surface area (Å²) in [5, 5.41) is 16.3. The van der Waals surface area contributed by atoms with Crippen LogP contribution in [0.4, 0.5) is 0 Å². The maximum absolute atomic E-state index is 8.86. The fraction of sp³-hybridized carbons (Fsp3) is 0.667. The predicted octanol–water partition coefficient (Wildman–Crippen LogP) is 0.961. The monoisotopic (exact) mass is 261 g/mol. The van der Waals surface area contributed by atoms with Gasteiger partial charge in [-0.05, 0) is 29.8 Å². The van der Waals surface area contributed by atoms with E-state index in [1.165, 1.54) is 0 Å². The largest absolute Gasteiger partial charge is 0.395 e. The topological polar surface area (TPSA) is 50.1 Å². The second-order valence-corrected chi connectivity index (χ2v) is 4.23. The third kappa shape index (κ3) is 2.56. The normalized spacial score (nSPS) is 13.2. The first kappa shape index (κ1) is 11.7. The fourth-order valence-corrected chi connectivity index (χ4v) is 1.68. The van der Waals surface area contributed by atoms with Crippen molar-refractivity contribution in [3.63, 3.8) is 0 Å². The first-order valence-electron chi connectivity index (χ1n) is 4.58. The van der Waals surface area contributed by atoms with E-state index in [2.05, 4.69) is 26.3 Å². The zero-order valence-corrected chi connectivity index (χ0v) is 10.3. The zero-order valence-electron chi connectivity index (χ0n) is 8.71. The molecule has 0 aliphatic heterocycles. The van der Waals surface area contributed by atoms with Gasteiger partial charge < -0.3 is 10.4 Å². The van der Waals surface area contributed by atoms with Crippen LogP contribution >= 0.6 is 15.9 Å². The Morgan fingerprint density at radius 3 is 2.71 bits per heavy atom. The molecular weight excluding hydrogens is 246 g/mol. The third-order valence-corrected chi connectivity index (χ3v) is 3.18. The lowest BCUT2D eigenvalue weighted by molar-refractivity contribution is 0.250. The number of aliphatic hydroxyl groups is 1. The molecule has 0 bridgehead atoms. The summed E-state index contributed by atoms with van der Waals surface area (Å²) in [5.74, 6) is 0. The van der Waals surface area contributed by atoms with E-state index >= 15 is 0 Å². The number of rotatable bonds is 4. The highest BCUT2D eigenvalue weighted by Gasteiger charge is 2.10. The summed E-state index contributed by atoms with van der Waals surface area (Å²) in [7, 11) is 1.92. The van der Waals surface area contributed by atoms with Crippen molar-refractivity contribution in [3.05, 3.63) is 15.9 Å². The molecule has 4 nitrogen and oxygen atoms in total. The Hall–Kier alpha value is -0.390. The summed E-state index contributed by atoms with van der Waals surface area (Å²) >= 11 is 3.49. The van der Waals surface area contributed by atoms with Crippen molar-refractivity contribution < 1.29 is 5.11 Å². The summed E-state index contributed by atoms with van der Waals surface area (Å²) in [6.45, 7) is 4.76. The Balaban J connectivity index is 2.67. The van der Waals surface area contributed by atoms with E-state index < -0.39 is 0 Å². The Kier molecular flexibility index (Phi) is 4.10. The molecule has 14 heavy (non-hydrogen) atoms. The van der Waals surface area contributed by atoms with Crippen LogP contribution in [0.25, 0.3) is 0 Å². The smallest absolute Gasteiger partial charge is 0.0739 e. The van der Waals surface area contributed by atoms with E-state index in [0.717, 1.165) is 15.9 Å². The van der Waals surface area contributed by atoms with Gasteiger partial charge >= 0.3 is 0 Å². The van der Waals surface area contributed by atoms with Crippen LogP contribution in [0.15, 0.2) is 4.47 Å². The van der Waals surface area contributed by atoms with Crippen LogP contribution in [-0.4, -0.2) is 27.5 Å². The molecule has 0 saturated carbocycles. The van der Waals surface area contributed by atoms with E-state index in [4.69, 9.17) is 5.11 Å². The molecule has 0 fully saturated rings. The molecule has 0 radical (unpaired) electrons. The van der Waals surface area contributed by atoms with E-state index in [1.807, 2.05) is 25.6 Å². The molecule has 5 heteroatoms. The van der Waals surface area contributed by atoms with Crippen LogP contribution in [0, 0.1) is 6.92 Å². The van der Waals surface area contributed by atoms with Crippen molar-refractivity contribution >= 4 is 15.9 Å². The Morgan fingerprint density at radius 1 is 1.64 bits per heavy atom. The van der Waals surface area contributed by atoms with Crippen LogP contribution in [0.1, 0.15) is 18.3 Å². The molecule has 0 aliphatic rings. The molecule has 1 unspecified atom stereocenters. The van der Waals surface area contributed by atoms with Crippen LogP contribution in [0.3, 0.4) is 0 Å². The SMILES string of the molecule is Cc1nn(C)c(CNC(C)CO)c1Br. The highest BCUT2D eigenvalue weighted by Crippen LogP contribution is 2.19. The summed E-state index contributed by atoms with van der Waals surface area (Å²) in [6.07, 6.45) is 0. The van der Waals surface area contributed by atoms with Gasteiger partial charge in [-0.1, -0.05) is 0 Å². The molecule has 0 spiro atoms. The first-order chi connectivity index (χ1) is 6.56. The number of nitrogens with zero attached hydrogens (tertiary/aromatic N) is 2. The standard InChI is InChI=1S/C9H16BrN3O/c1-6(5-14)11-4-8-9(10)7(2)12-13(8)3/h6,11,14H,4-5H2,1-3H3. The number of hydrogen-bond donors (Lipinski definition) is 2. The fourth-order valence-electron chi connectivity index (χ4n) is 1.21. The van der Waals surface area contributed by atoms with Gasteiger partial charge in [0.1, 0.15) is 0 Å². The minimum Gasteiger partial charge on any atom is -0.395 e. The van der Waals surface area contributed by atoms with Crippen LogP contribution in [0.5, 0.6) is 0 Å². The van der Waals surface area contributed by atoms with Gasteiger partial charge in [0.25, 0.3) is 0 Å². The maximum Gasteiger partial charge on any atom is 0.0739 e. The van der Waals surface area contributed by atoms with E-state index in [9.17, 15) is 0 Å². The first-order valence-corrected chi connectivity index (χ1v) is 5.37. The maximum atomic E-state index is 8.86. The second kappa shape index (κ2) is 4.91. The average molecular weight is 262 g/mol. The number of nitrogens with one attached hydrogen (secondary N) is 1. The molecule has 80 valence electrons. The minimum atomic E-state index is 0.108. The molecule has 0 saturated heterocycles. The number of halogens is 1. The molecule has 1 heterocycles. The Morgan fingerprint density at radius 2 is 2.29 bits per heavy atom. The molecule has 1 aromatic heterocycles. The van der Waals surface area contributed by atoms with E-state index in [-0.39, 0.29) is 12.6 Å². The third-order valence-electron chi connectivity index (χ3n) is 2.15. The van der Waals surface area contributed by atoms with Crippen molar-refractivity contribution in [2.45, 2.75) is 26.4 Å². The number of aryl methyl sites for hydroxylation is 2. The average Bonchev–Trinajstić information content (AvgIpc) is 2.39. The van der Waals surface area contributed by atoms with Gasteiger partial charge in [-0.3, -0.25) is 4.68 Å². The van der Waals surface area contributed by atoms with E-state index in [1.54, 1.807) is 0 Å². The van der Waals surface area contributed by atoms with Crippen LogP contribution in [0.2, 0.25) is 0 Å². The lowest BCUT2D eigenvalue weighted by Crippen LogP contribution is -2.29. The van der Waals surface area contributed by atoms with Crippen molar-refractivity contribution in [2.24, 2.45) is 7.05 Å². The molecule has 2 N–H and O–H groups in total. The molecule has 1 rings (SSSR count). The molecule has 0 aromatic carbocycles. The summed E-state index contributed by atoms with van der Waals surface area (Å²) in [5.41, 5.74) is 2.09. The molecular formula is C9H16BrN3O. The van der Waals surface area contributed by atoms with Gasteiger partial charge in [-0.2, -0.15) is 5.10 Å². The highest BCUT2D eigenvalue weighted by molar-refractivity contribution is 9.10. The number of aromatic nitrogens is 2. The van der Waals surface area contributed by atoms with Gasteiger partial charge in [0.2, 0.25) is 0 Å². The second-order valence-electron chi connectivity index (χ2n) is 3.43. The van der Waals surface area contributed by atoms with Crippen LogP contribution < -0.4 is 5.32 Å². The van der Waals surface area contributed by atoms with Gasteiger partial charge in [-0.25, -0.2) is 0 Å². The molecule has 0 amide bonds. The summed E-state index contributed by atoms with van der Waals surface area (Å²) in [6, 6.07) is 0.108. The van der Waals surface area contributed by atoms with Crippen molar-refractivity contribution in [1.29, 1.82) is 0 Å². The molecule has 0 aliphatic carbocycles. The Bertz CT molecular complexity index is 311.